The first-order chi connectivity index (χ1) is 21.5. The number of benzene rings is 2. The van der Waals surface area contributed by atoms with Gasteiger partial charge in [0.25, 0.3) is 11.8 Å². The molecule has 0 aliphatic carbocycles. The fourth-order valence-corrected chi connectivity index (χ4v) is 4.94. The fourth-order valence-electron chi connectivity index (χ4n) is 4.94. The van der Waals surface area contributed by atoms with Crippen molar-refractivity contribution in [3.05, 3.63) is 70.6 Å². The molecule has 1 aliphatic rings. The van der Waals surface area contributed by atoms with Gasteiger partial charge in [0.2, 0.25) is 11.8 Å². The van der Waals surface area contributed by atoms with Crippen molar-refractivity contribution in [1.82, 2.24) is 10.6 Å². The van der Waals surface area contributed by atoms with E-state index >= 15 is 0 Å². The molecule has 0 radical (unpaired) electrons. The Morgan fingerprint density at radius 2 is 1.63 bits per heavy atom. The molecule has 3 rings (SSSR count). The van der Waals surface area contributed by atoms with Crippen molar-refractivity contribution < 1.29 is 43.3 Å². The van der Waals surface area contributed by atoms with Crippen LogP contribution in [-0.2, 0) is 40.1 Å². The lowest BCUT2D eigenvalue weighted by atomic mass is 9.99. The highest BCUT2D eigenvalue weighted by Gasteiger charge is 2.37. The molecule has 0 saturated carbocycles. The number of nitrogens with zero attached hydrogens (tertiary/aromatic N) is 2. The lowest BCUT2D eigenvalue weighted by Crippen LogP contribution is -2.54. The Balaban J connectivity index is 1.95. The number of aryl methyl sites for hydroxylation is 2. The molecule has 1 atom stereocenters. The van der Waals surface area contributed by atoms with Crippen LogP contribution < -0.4 is 20.4 Å². The zero-order chi connectivity index (χ0) is 34.3. The zero-order valence-electron chi connectivity index (χ0n) is 27.1. The van der Waals surface area contributed by atoms with Gasteiger partial charge in [0.15, 0.2) is 0 Å². The normalized spacial score (nSPS) is 15.0. The molecular formula is C33H40N4O9. The predicted octanol–water partition coefficient (Wildman–Crippen LogP) is 2.55. The molecule has 13 nitrogen and oxygen atoms in total. The van der Waals surface area contributed by atoms with E-state index in [2.05, 4.69) is 10.6 Å². The minimum absolute atomic E-state index is 0.0858. The highest BCUT2D eigenvalue weighted by Crippen LogP contribution is 2.33. The lowest BCUT2D eigenvalue weighted by molar-refractivity contribution is -0.154. The third kappa shape index (κ3) is 9.24. The predicted molar refractivity (Wildman–Crippen MR) is 168 cm³/mol. The molecule has 1 aliphatic heterocycles. The molecule has 1 heterocycles. The van der Waals surface area contributed by atoms with Gasteiger partial charge in [0.1, 0.15) is 24.4 Å². The number of aliphatic hydroxyl groups is 1. The van der Waals surface area contributed by atoms with Crippen molar-refractivity contribution in [3.63, 3.8) is 0 Å². The maximum Gasteiger partial charge on any atom is 0.312 e. The minimum atomic E-state index is -1.26. The van der Waals surface area contributed by atoms with Crippen LogP contribution in [0.4, 0.5) is 11.4 Å². The second kappa shape index (κ2) is 14.8. The number of aliphatic hydroxyl groups excluding tert-OH is 1. The van der Waals surface area contributed by atoms with Crippen LogP contribution in [0.15, 0.2) is 48.4 Å². The summed E-state index contributed by atoms with van der Waals surface area (Å²) in [5.41, 5.74) is 2.02. The third-order valence-electron chi connectivity index (χ3n) is 6.92. The first-order valence-corrected chi connectivity index (χ1v) is 14.6. The minimum Gasteiger partial charge on any atom is -0.460 e. The van der Waals surface area contributed by atoms with Crippen molar-refractivity contribution in [3.8, 4) is 0 Å². The average molecular weight is 637 g/mol. The van der Waals surface area contributed by atoms with E-state index < -0.39 is 60.2 Å². The number of carbonyl (C=O) groups excluding carboxylic acids is 6. The van der Waals surface area contributed by atoms with Gasteiger partial charge >= 0.3 is 11.9 Å². The standard InChI is InChI=1S/C33H40N4O9/c1-19-12-23(13-20(2)25(19)17-38)31(43)35-26-15-36(21(3)39)27-10-8-9-11-28(27)37(32(26)44)16-29(41)34-24(18-45-22(4)40)14-30(42)46-33(5,6)7/h8-13,18,26,38H,14-17H2,1-7H3,(H,34,41)(H,35,43)/t26-/m0/s1. The Labute approximate surface area is 267 Å². The number of hydrogen-bond donors (Lipinski definition) is 3. The van der Waals surface area contributed by atoms with Gasteiger partial charge in [-0.25, -0.2) is 0 Å². The number of anilines is 2. The quantitative estimate of drug-likeness (QED) is 0.276. The van der Waals surface area contributed by atoms with E-state index in [0.717, 1.165) is 18.1 Å². The van der Waals surface area contributed by atoms with Crippen molar-refractivity contribution in [2.45, 2.75) is 73.1 Å². The van der Waals surface area contributed by atoms with E-state index in [1.807, 2.05) is 0 Å². The van der Waals surface area contributed by atoms with Crippen LogP contribution in [0.25, 0.3) is 0 Å². The number of nitrogens with one attached hydrogen (secondary N) is 2. The zero-order valence-corrected chi connectivity index (χ0v) is 27.1. The molecular weight excluding hydrogens is 596 g/mol. The Hall–Kier alpha value is -5.04. The summed E-state index contributed by atoms with van der Waals surface area (Å²) in [7, 11) is 0. The van der Waals surface area contributed by atoms with E-state index in [-0.39, 0.29) is 30.1 Å². The number of fused-ring (bicyclic) bond motifs is 1. The second-order valence-corrected chi connectivity index (χ2v) is 11.9. The summed E-state index contributed by atoms with van der Waals surface area (Å²) in [5, 5.41) is 14.9. The molecule has 0 aromatic heterocycles. The molecule has 3 N–H and O–H groups in total. The van der Waals surface area contributed by atoms with Crippen LogP contribution in [0.2, 0.25) is 0 Å². The van der Waals surface area contributed by atoms with E-state index in [0.29, 0.717) is 22.4 Å². The number of carbonyl (C=O) groups is 6. The number of ether oxygens (including phenoxy) is 2. The van der Waals surface area contributed by atoms with Gasteiger partial charge in [-0.15, -0.1) is 0 Å². The van der Waals surface area contributed by atoms with E-state index in [9.17, 15) is 33.9 Å². The van der Waals surface area contributed by atoms with E-state index in [1.165, 1.54) is 11.8 Å². The highest BCUT2D eigenvalue weighted by molar-refractivity contribution is 6.10. The lowest BCUT2D eigenvalue weighted by Gasteiger charge is -2.25. The number of amides is 4. The van der Waals surface area contributed by atoms with Crippen LogP contribution in [0.1, 0.15) is 68.1 Å². The van der Waals surface area contributed by atoms with Crippen molar-refractivity contribution in [1.29, 1.82) is 0 Å². The summed E-state index contributed by atoms with van der Waals surface area (Å²) in [6, 6.07) is 8.43. The van der Waals surface area contributed by atoms with Gasteiger partial charge < -0.3 is 30.1 Å². The van der Waals surface area contributed by atoms with Gasteiger partial charge in [0.05, 0.1) is 36.6 Å². The number of esters is 2. The Kier molecular flexibility index (Phi) is 11.4. The largest absolute Gasteiger partial charge is 0.460 e. The summed E-state index contributed by atoms with van der Waals surface area (Å²) in [5.74, 6) is -3.78. The SMILES string of the molecule is CC(=O)OC=C(CC(=O)OC(C)(C)C)NC(=O)CN1C(=O)[C@@H](NC(=O)c2cc(C)c(CO)c(C)c2)CN(C(C)=O)c2ccccc21. The molecule has 2 aromatic carbocycles. The second-order valence-electron chi connectivity index (χ2n) is 11.9. The van der Waals surface area contributed by atoms with Gasteiger partial charge in [-0.1, -0.05) is 12.1 Å². The number of para-hydroxylation sites is 2. The summed E-state index contributed by atoms with van der Waals surface area (Å²) in [6.07, 6.45) is 0.487. The first kappa shape index (κ1) is 35.4. The molecule has 13 heteroatoms. The van der Waals surface area contributed by atoms with E-state index in [1.54, 1.807) is 71.0 Å². The van der Waals surface area contributed by atoms with Crippen LogP contribution in [0.5, 0.6) is 0 Å². The molecule has 2 aromatic rings. The fraction of sp³-hybridized carbons (Fsp3) is 0.394. The monoisotopic (exact) mass is 636 g/mol. The average Bonchev–Trinajstić information content (AvgIpc) is 3.05. The van der Waals surface area contributed by atoms with Crippen LogP contribution in [0.3, 0.4) is 0 Å². The van der Waals surface area contributed by atoms with Crippen LogP contribution >= 0.6 is 0 Å². The molecule has 0 spiro atoms. The molecule has 0 fully saturated rings. The first-order valence-electron chi connectivity index (χ1n) is 14.6. The smallest absolute Gasteiger partial charge is 0.312 e. The Morgan fingerprint density at radius 1 is 1.02 bits per heavy atom. The van der Waals surface area contributed by atoms with Gasteiger partial charge in [-0.2, -0.15) is 0 Å². The molecule has 46 heavy (non-hydrogen) atoms. The summed E-state index contributed by atoms with van der Waals surface area (Å²) < 4.78 is 10.2. The maximum absolute atomic E-state index is 14.1. The molecule has 0 saturated heterocycles. The Bertz CT molecular complexity index is 1550. The Morgan fingerprint density at radius 3 is 2.17 bits per heavy atom. The summed E-state index contributed by atoms with van der Waals surface area (Å²) in [6.45, 7) is 10.0. The molecule has 4 amide bonds. The summed E-state index contributed by atoms with van der Waals surface area (Å²) >= 11 is 0. The van der Waals surface area contributed by atoms with Gasteiger partial charge in [-0.05, 0) is 75.6 Å². The molecule has 0 bridgehead atoms. The van der Waals surface area contributed by atoms with Gasteiger partial charge in [0, 0.05) is 19.4 Å². The molecule has 0 unspecified atom stereocenters. The summed E-state index contributed by atoms with van der Waals surface area (Å²) in [4.78, 5) is 80.0. The van der Waals surface area contributed by atoms with Gasteiger partial charge in [-0.3, -0.25) is 33.7 Å². The maximum atomic E-state index is 14.1. The van der Waals surface area contributed by atoms with Crippen LogP contribution in [-0.4, -0.2) is 65.4 Å². The van der Waals surface area contributed by atoms with E-state index in [4.69, 9.17) is 9.47 Å². The van der Waals surface area contributed by atoms with Crippen molar-refractivity contribution >= 4 is 46.9 Å². The highest BCUT2D eigenvalue weighted by atomic mass is 16.6. The molecule has 246 valence electrons. The number of rotatable bonds is 9. The van der Waals surface area contributed by atoms with Crippen LogP contribution in [0, 0.1) is 13.8 Å². The van der Waals surface area contributed by atoms with Crippen molar-refractivity contribution in [2.75, 3.05) is 22.9 Å². The van der Waals surface area contributed by atoms with Crippen molar-refractivity contribution in [2.24, 2.45) is 0 Å². The third-order valence-corrected chi connectivity index (χ3v) is 6.92. The topological polar surface area (TPSA) is 172 Å². The number of hydrogen-bond acceptors (Lipinski definition) is 9.